The third-order valence-corrected chi connectivity index (χ3v) is 5.40. The molecule has 0 spiro atoms. The number of aromatic nitrogens is 3. The maximum atomic E-state index is 13.5. The van der Waals surface area contributed by atoms with Crippen LogP contribution in [0.1, 0.15) is 37.6 Å². The molecule has 3 heterocycles. The predicted octanol–water partition coefficient (Wildman–Crippen LogP) is 6.90. The fourth-order valence-electron chi connectivity index (χ4n) is 3.66. The van der Waals surface area contributed by atoms with Gasteiger partial charge in [-0.2, -0.15) is 13.2 Å². The van der Waals surface area contributed by atoms with E-state index < -0.39 is 11.7 Å². The van der Waals surface area contributed by atoms with E-state index in [0.717, 1.165) is 17.4 Å². The Bertz CT molecular complexity index is 1310. The van der Waals surface area contributed by atoms with Gasteiger partial charge in [0.2, 0.25) is 0 Å². The molecule has 1 N–H and O–H groups in total. The van der Waals surface area contributed by atoms with Crippen LogP contribution in [-0.4, -0.2) is 22.1 Å². The highest BCUT2D eigenvalue weighted by Crippen LogP contribution is 2.36. The number of halogens is 3. The van der Waals surface area contributed by atoms with Gasteiger partial charge in [-0.3, -0.25) is 4.98 Å². The van der Waals surface area contributed by atoms with Crippen molar-refractivity contribution >= 4 is 22.4 Å². The number of benzene rings is 1. The van der Waals surface area contributed by atoms with Crippen LogP contribution in [0.3, 0.4) is 0 Å². The quantitative estimate of drug-likeness (QED) is 0.347. The minimum Gasteiger partial charge on any atom is -0.378 e. The van der Waals surface area contributed by atoms with E-state index in [1.807, 2.05) is 18.2 Å². The van der Waals surface area contributed by atoms with E-state index in [4.69, 9.17) is 4.74 Å². The molecule has 0 amide bonds. The molecule has 0 saturated carbocycles. The van der Waals surface area contributed by atoms with Gasteiger partial charge in [-0.25, -0.2) is 9.97 Å². The summed E-state index contributed by atoms with van der Waals surface area (Å²) in [6, 6.07) is 15.5. The Labute approximate surface area is 196 Å². The number of alkyl halides is 3. The molecule has 0 fully saturated rings. The first-order valence-electron chi connectivity index (χ1n) is 10.8. The average molecular weight is 467 g/mol. The molecule has 5 nitrogen and oxygen atoms in total. The van der Waals surface area contributed by atoms with Crippen molar-refractivity contribution in [3.05, 3.63) is 77.6 Å². The third-order valence-electron chi connectivity index (χ3n) is 5.40. The summed E-state index contributed by atoms with van der Waals surface area (Å²) in [5, 5.41) is 4.06. The first-order valence-corrected chi connectivity index (χ1v) is 10.8. The highest BCUT2D eigenvalue weighted by atomic mass is 19.4. The maximum Gasteiger partial charge on any atom is 0.418 e. The van der Waals surface area contributed by atoms with Gasteiger partial charge in [-0.1, -0.05) is 32.9 Å². The molecule has 34 heavy (non-hydrogen) atoms. The van der Waals surface area contributed by atoms with Crippen molar-refractivity contribution in [1.29, 1.82) is 0 Å². The fourth-order valence-corrected chi connectivity index (χ4v) is 3.66. The topological polar surface area (TPSA) is 59.9 Å². The predicted molar refractivity (Wildman–Crippen MR) is 127 cm³/mol. The molecule has 4 aromatic rings. The molecule has 3 aromatic heterocycles. The van der Waals surface area contributed by atoms with Crippen LogP contribution in [-0.2, 0) is 22.9 Å². The summed E-state index contributed by atoms with van der Waals surface area (Å²) >= 11 is 0. The number of fused-ring (bicyclic) bond motifs is 1. The normalized spacial score (nSPS) is 12.2. The Morgan fingerprint density at radius 1 is 0.941 bits per heavy atom. The molecule has 8 heteroatoms. The first kappa shape index (κ1) is 23.6. The SMILES string of the molecule is COCc1cc(Nc2ccc(C(C)(C)C)cc2)c2ccc(-c3ncccc3C(F)(F)F)nc2n1. The molecule has 0 saturated heterocycles. The summed E-state index contributed by atoms with van der Waals surface area (Å²) in [5.41, 5.74) is 2.78. The molecule has 0 atom stereocenters. The minimum atomic E-state index is -4.54. The van der Waals surface area contributed by atoms with E-state index in [0.29, 0.717) is 16.7 Å². The molecule has 0 radical (unpaired) electrons. The van der Waals surface area contributed by atoms with Crippen molar-refractivity contribution in [2.75, 3.05) is 12.4 Å². The van der Waals surface area contributed by atoms with Crippen molar-refractivity contribution in [3.8, 4) is 11.4 Å². The molecule has 4 rings (SSSR count). The zero-order valence-electron chi connectivity index (χ0n) is 19.4. The lowest BCUT2D eigenvalue weighted by molar-refractivity contribution is -0.137. The van der Waals surface area contributed by atoms with Crippen LogP contribution in [0.15, 0.2) is 60.8 Å². The molecule has 0 unspecified atom stereocenters. The van der Waals surface area contributed by atoms with Gasteiger partial charge in [0.05, 0.1) is 29.2 Å². The Morgan fingerprint density at radius 2 is 1.68 bits per heavy atom. The van der Waals surface area contributed by atoms with E-state index >= 15 is 0 Å². The number of anilines is 2. The van der Waals surface area contributed by atoms with E-state index in [1.165, 1.54) is 23.9 Å². The van der Waals surface area contributed by atoms with Crippen molar-refractivity contribution in [2.24, 2.45) is 0 Å². The highest BCUT2D eigenvalue weighted by Gasteiger charge is 2.34. The molecule has 0 aliphatic carbocycles. The lowest BCUT2D eigenvalue weighted by atomic mass is 9.87. The molecule has 176 valence electrons. The Balaban J connectivity index is 1.79. The minimum absolute atomic E-state index is 0.0363. The second-order valence-electron chi connectivity index (χ2n) is 9.01. The molecular weight excluding hydrogens is 441 g/mol. The smallest absolute Gasteiger partial charge is 0.378 e. The van der Waals surface area contributed by atoms with Gasteiger partial charge in [-0.15, -0.1) is 0 Å². The molecular formula is C26H25F3N4O. The number of hydrogen-bond acceptors (Lipinski definition) is 5. The van der Waals surface area contributed by atoms with Crippen LogP contribution < -0.4 is 5.32 Å². The van der Waals surface area contributed by atoms with Crippen LogP contribution in [0.5, 0.6) is 0 Å². The van der Waals surface area contributed by atoms with Gasteiger partial charge in [-0.05, 0) is 53.4 Å². The summed E-state index contributed by atoms with van der Waals surface area (Å²) in [7, 11) is 1.55. The molecule has 0 aliphatic rings. The van der Waals surface area contributed by atoms with Crippen molar-refractivity contribution < 1.29 is 17.9 Å². The molecule has 1 aromatic carbocycles. The number of nitrogens with one attached hydrogen (secondary N) is 1. The maximum absolute atomic E-state index is 13.5. The Morgan fingerprint density at radius 3 is 2.32 bits per heavy atom. The van der Waals surface area contributed by atoms with E-state index in [1.54, 1.807) is 13.2 Å². The zero-order chi connectivity index (χ0) is 24.5. The van der Waals surface area contributed by atoms with Crippen molar-refractivity contribution in [3.63, 3.8) is 0 Å². The van der Waals surface area contributed by atoms with Crippen LogP contribution in [0.4, 0.5) is 24.5 Å². The van der Waals surface area contributed by atoms with Gasteiger partial charge in [0.1, 0.15) is 5.69 Å². The number of pyridine rings is 3. The summed E-state index contributed by atoms with van der Waals surface area (Å²) in [4.78, 5) is 12.9. The second-order valence-corrected chi connectivity index (χ2v) is 9.01. The molecule has 0 aliphatic heterocycles. The van der Waals surface area contributed by atoms with Crippen LogP contribution in [0, 0.1) is 0 Å². The zero-order valence-corrected chi connectivity index (χ0v) is 19.4. The Hall–Kier alpha value is -3.52. The highest BCUT2D eigenvalue weighted by molar-refractivity contribution is 5.92. The largest absolute Gasteiger partial charge is 0.418 e. The van der Waals surface area contributed by atoms with E-state index in [9.17, 15) is 13.2 Å². The number of ether oxygens (including phenoxy) is 1. The summed E-state index contributed by atoms with van der Waals surface area (Å²) in [6.07, 6.45) is -3.23. The van der Waals surface area contributed by atoms with Crippen LogP contribution >= 0.6 is 0 Å². The average Bonchev–Trinajstić information content (AvgIpc) is 2.78. The van der Waals surface area contributed by atoms with Gasteiger partial charge in [0.15, 0.2) is 5.65 Å². The van der Waals surface area contributed by atoms with Gasteiger partial charge >= 0.3 is 6.18 Å². The van der Waals surface area contributed by atoms with E-state index in [-0.39, 0.29) is 23.4 Å². The number of hydrogen-bond donors (Lipinski definition) is 1. The lowest BCUT2D eigenvalue weighted by Gasteiger charge is -2.19. The van der Waals surface area contributed by atoms with Gasteiger partial charge in [0, 0.05) is 24.4 Å². The standard InChI is InChI=1S/C26H25F3N4O/c1-25(2,3)16-7-9-17(10-8-16)31-22-14-18(15-34-4)32-24-19(22)11-12-21(33-24)23-20(26(27,28)29)6-5-13-30-23/h5-14H,15H2,1-4H3,(H,31,32,33). The van der Waals surface area contributed by atoms with Crippen LogP contribution in [0.2, 0.25) is 0 Å². The summed E-state index contributed by atoms with van der Waals surface area (Å²) in [5.74, 6) is 0. The number of nitrogens with zero attached hydrogens (tertiary/aromatic N) is 3. The Kier molecular flexibility index (Phi) is 6.27. The number of methoxy groups -OCH3 is 1. The first-order chi connectivity index (χ1) is 16.1. The molecule has 0 bridgehead atoms. The van der Waals surface area contributed by atoms with E-state index in [2.05, 4.69) is 53.2 Å². The van der Waals surface area contributed by atoms with Gasteiger partial charge in [0.25, 0.3) is 0 Å². The third kappa shape index (κ3) is 5.02. The fraction of sp³-hybridized carbons (Fsp3) is 0.269. The second kappa shape index (κ2) is 9.02. The van der Waals surface area contributed by atoms with Crippen molar-refractivity contribution in [2.45, 2.75) is 39.0 Å². The summed E-state index contributed by atoms with van der Waals surface area (Å²) < 4.78 is 45.8. The lowest BCUT2D eigenvalue weighted by Crippen LogP contribution is -2.10. The monoisotopic (exact) mass is 466 g/mol. The summed E-state index contributed by atoms with van der Waals surface area (Å²) in [6.45, 7) is 6.69. The number of rotatable bonds is 5. The van der Waals surface area contributed by atoms with Crippen LogP contribution in [0.25, 0.3) is 22.4 Å². The van der Waals surface area contributed by atoms with Gasteiger partial charge < -0.3 is 10.1 Å². The van der Waals surface area contributed by atoms with Crippen molar-refractivity contribution in [1.82, 2.24) is 15.0 Å².